The van der Waals surface area contributed by atoms with Gasteiger partial charge in [0.25, 0.3) is 0 Å². The molecule has 1 aliphatic carbocycles. The summed E-state index contributed by atoms with van der Waals surface area (Å²) in [5.41, 5.74) is 5.01. The molecule has 0 saturated heterocycles. The molecule has 0 unspecified atom stereocenters. The molecule has 0 radical (unpaired) electrons. The minimum absolute atomic E-state index is 0.187. The molecule has 4 rings (SSSR count). The maximum Gasteiger partial charge on any atom is 0.338 e. The standard InChI is InChI=1S/C19H19N3O2S/c1-22-10-16(9-20-22)18-21-17(12-25-18)11-24-19(23)15-7-6-13-4-2-3-5-14(13)8-15/h6-10,12H,2-5,11H2,1H3. The van der Waals surface area contributed by atoms with E-state index in [9.17, 15) is 4.79 Å². The number of carbonyl (C=O) groups excluding carboxylic acids is 1. The second kappa shape index (κ2) is 6.80. The molecule has 0 spiro atoms. The Labute approximate surface area is 150 Å². The predicted octanol–water partition coefficient (Wildman–Crippen LogP) is 3.78. The van der Waals surface area contributed by atoms with Crippen LogP contribution in [-0.2, 0) is 31.2 Å². The average Bonchev–Trinajstić information content (AvgIpc) is 3.28. The van der Waals surface area contributed by atoms with Gasteiger partial charge in [-0.3, -0.25) is 4.68 Å². The number of hydrogen-bond acceptors (Lipinski definition) is 5. The van der Waals surface area contributed by atoms with Crippen molar-refractivity contribution in [2.45, 2.75) is 32.3 Å². The number of rotatable bonds is 4. The van der Waals surface area contributed by atoms with Crippen molar-refractivity contribution in [3.8, 4) is 10.6 Å². The summed E-state index contributed by atoms with van der Waals surface area (Å²) in [5, 5.41) is 6.95. The van der Waals surface area contributed by atoms with E-state index in [1.165, 1.54) is 35.3 Å². The van der Waals surface area contributed by atoms with Gasteiger partial charge in [-0.05, 0) is 48.9 Å². The number of hydrogen-bond donors (Lipinski definition) is 0. The van der Waals surface area contributed by atoms with E-state index in [1.807, 2.05) is 30.8 Å². The minimum Gasteiger partial charge on any atom is -0.456 e. The summed E-state index contributed by atoms with van der Waals surface area (Å²) in [5.74, 6) is -0.288. The second-order valence-electron chi connectivity index (χ2n) is 6.31. The van der Waals surface area contributed by atoms with Gasteiger partial charge < -0.3 is 4.74 Å². The van der Waals surface area contributed by atoms with Gasteiger partial charge >= 0.3 is 5.97 Å². The lowest BCUT2D eigenvalue weighted by atomic mass is 9.90. The highest BCUT2D eigenvalue weighted by Gasteiger charge is 2.14. The van der Waals surface area contributed by atoms with Crippen LogP contribution in [0.15, 0.2) is 36.0 Å². The SMILES string of the molecule is Cn1cc(-c2nc(COC(=O)c3ccc4c(c3)CCCC4)cs2)cn1. The zero-order valence-corrected chi connectivity index (χ0v) is 14.9. The van der Waals surface area contributed by atoms with Crippen molar-refractivity contribution in [3.05, 3.63) is 58.4 Å². The maximum absolute atomic E-state index is 12.3. The highest BCUT2D eigenvalue weighted by Crippen LogP contribution is 2.24. The number of fused-ring (bicyclic) bond motifs is 1. The zero-order chi connectivity index (χ0) is 17.2. The maximum atomic E-state index is 12.3. The third kappa shape index (κ3) is 3.49. The van der Waals surface area contributed by atoms with Gasteiger partial charge in [-0.15, -0.1) is 11.3 Å². The van der Waals surface area contributed by atoms with Gasteiger partial charge in [0.05, 0.1) is 17.5 Å². The second-order valence-corrected chi connectivity index (χ2v) is 7.17. The fourth-order valence-electron chi connectivity index (χ4n) is 3.12. The Balaban J connectivity index is 1.41. The molecule has 0 atom stereocenters. The number of benzene rings is 1. The summed E-state index contributed by atoms with van der Waals surface area (Å²) in [6.45, 7) is 0.187. The Bertz CT molecular complexity index is 913. The molecule has 0 amide bonds. The van der Waals surface area contributed by atoms with Crippen molar-refractivity contribution < 1.29 is 9.53 Å². The molecule has 128 valence electrons. The van der Waals surface area contributed by atoms with Gasteiger partial charge in [-0.1, -0.05) is 6.07 Å². The molecular weight excluding hydrogens is 334 g/mol. The number of carbonyl (C=O) groups is 1. The molecule has 5 nitrogen and oxygen atoms in total. The van der Waals surface area contributed by atoms with E-state index in [0.29, 0.717) is 5.56 Å². The van der Waals surface area contributed by atoms with Gasteiger partial charge in [0.1, 0.15) is 11.6 Å². The quantitative estimate of drug-likeness (QED) is 0.670. The van der Waals surface area contributed by atoms with Crippen molar-refractivity contribution in [2.75, 3.05) is 0 Å². The molecule has 1 aliphatic rings. The largest absolute Gasteiger partial charge is 0.456 e. The van der Waals surface area contributed by atoms with Crippen molar-refractivity contribution in [1.82, 2.24) is 14.8 Å². The molecule has 1 aromatic carbocycles. The third-order valence-electron chi connectivity index (χ3n) is 4.44. The molecule has 2 heterocycles. The van der Waals surface area contributed by atoms with Crippen LogP contribution in [0, 0.1) is 0 Å². The first-order valence-electron chi connectivity index (χ1n) is 8.41. The molecule has 0 bridgehead atoms. The molecule has 2 aromatic heterocycles. The topological polar surface area (TPSA) is 57.0 Å². The Kier molecular flexibility index (Phi) is 4.36. The Morgan fingerprint density at radius 3 is 2.92 bits per heavy atom. The summed E-state index contributed by atoms with van der Waals surface area (Å²) >= 11 is 1.53. The molecule has 3 aromatic rings. The average molecular weight is 353 g/mol. The molecule has 0 aliphatic heterocycles. The number of aryl methyl sites for hydroxylation is 3. The first-order chi connectivity index (χ1) is 12.2. The highest BCUT2D eigenvalue weighted by molar-refractivity contribution is 7.13. The number of aromatic nitrogens is 3. The number of ether oxygens (including phenoxy) is 1. The van der Waals surface area contributed by atoms with Crippen LogP contribution < -0.4 is 0 Å². The first kappa shape index (κ1) is 16.0. The monoisotopic (exact) mass is 353 g/mol. The lowest BCUT2D eigenvalue weighted by Crippen LogP contribution is -2.09. The van der Waals surface area contributed by atoms with E-state index in [2.05, 4.69) is 16.1 Å². The third-order valence-corrected chi connectivity index (χ3v) is 5.38. The lowest BCUT2D eigenvalue weighted by Gasteiger charge is -2.16. The summed E-state index contributed by atoms with van der Waals surface area (Å²) in [4.78, 5) is 16.8. The minimum atomic E-state index is -0.288. The Morgan fingerprint density at radius 2 is 2.12 bits per heavy atom. The normalized spacial score (nSPS) is 13.5. The summed E-state index contributed by atoms with van der Waals surface area (Å²) < 4.78 is 7.19. The van der Waals surface area contributed by atoms with Crippen molar-refractivity contribution in [2.24, 2.45) is 7.05 Å². The van der Waals surface area contributed by atoms with Gasteiger partial charge in [0, 0.05) is 24.2 Å². The van der Waals surface area contributed by atoms with Crippen LogP contribution in [0.4, 0.5) is 0 Å². The van der Waals surface area contributed by atoms with Gasteiger partial charge in [0.15, 0.2) is 0 Å². The van der Waals surface area contributed by atoms with Crippen LogP contribution in [0.25, 0.3) is 10.6 Å². The molecule has 0 N–H and O–H groups in total. The van der Waals surface area contributed by atoms with Crippen molar-refractivity contribution in [3.63, 3.8) is 0 Å². The first-order valence-corrected chi connectivity index (χ1v) is 9.29. The fourth-order valence-corrected chi connectivity index (χ4v) is 3.90. The smallest absolute Gasteiger partial charge is 0.338 e. The highest BCUT2D eigenvalue weighted by atomic mass is 32.1. The van der Waals surface area contributed by atoms with Crippen LogP contribution in [0.2, 0.25) is 0 Å². The van der Waals surface area contributed by atoms with Crippen LogP contribution in [0.5, 0.6) is 0 Å². The van der Waals surface area contributed by atoms with E-state index in [4.69, 9.17) is 4.74 Å². The van der Waals surface area contributed by atoms with Gasteiger partial charge in [0.2, 0.25) is 0 Å². The summed E-state index contributed by atoms with van der Waals surface area (Å²) in [7, 11) is 1.87. The van der Waals surface area contributed by atoms with Crippen molar-refractivity contribution >= 4 is 17.3 Å². The van der Waals surface area contributed by atoms with Crippen molar-refractivity contribution in [1.29, 1.82) is 0 Å². The lowest BCUT2D eigenvalue weighted by molar-refractivity contribution is 0.0468. The van der Waals surface area contributed by atoms with Crippen LogP contribution in [-0.4, -0.2) is 20.7 Å². The van der Waals surface area contributed by atoms with Crippen LogP contribution in [0.3, 0.4) is 0 Å². The number of esters is 1. The molecule has 6 heteroatoms. The number of nitrogens with zero attached hydrogens (tertiary/aromatic N) is 3. The fraction of sp³-hybridized carbons (Fsp3) is 0.316. The molecule has 0 saturated carbocycles. The van der Waals surface area contributed by atoms with Gasteiger partial charge in [-0.2, -0.15) is 5.10 Å². The Morgan fingerprint density at radius 1 is 1.28 bits per heavy atom. The number of thiazole rings is 1. The molecular formula is C19H19N3O2S. The summed E-state index contributed by atoms with van der Waals surface area (Å²) in [6, 6.07) is 5.92. The Hall–Kier alpha value is -2.47. The van der Waals surface area contributed by atoms with E-state index in [1.54, 1.807) is 10.9 Å². The summed E-state index contributed by atoms with van der Waals surface area (Å²) in [6.07, 6.45) is 8.29. The van der Waals surface area contributed by atoms with E-state index in [0.717, 1.165) is 29.1 Å². The molecule has 0 fully saturated rings. The van der Waals surface area contributed by atoms with E-state index >= 15 is 0 Å². The zero-order valence-electron chi connectivity index (χ0n) is 14.1. The van der Waals surface area contributed by atoms with E-state index < -0.39 is 0 Å². The van der Waals surface area contributed by atoms with Gasteiger partial charge in [-0.25, -0.2) is 9.78 Å². The predicted molar refractivity (Wildman–Crippen MR) is 96.5 cm³/mol. The van der Waals surface area contributed by atoms with Crippen LogP contribution >= 0.6 is 11.3 Å². The van der Waals surface area contributed by atoms with Crippen LogP contribution in [0.1, 0.15) is 40.0 Å². The van der Waals surface area contributed by atoms with E-state index in [-0.39, 0.29) is 12.6 Å². The molecule has 25 heavy (non-hydrogen) atoms.